The van der Waals surface area contributed by atoms with Crippen LogP contribution in [0.4, 0.5) is 10.5 Å². The highest BCUT2D eigenvalue weighted by Crippen LogP contribution is 2.09. The lowest BCUT2D eigenvalue weighted by Crippen LogP contribution is -2.43. The van der Waals surface area contributed by atoms with Crippen LogP contribution in [-0.4, -0.2) is 30.0 Å². The molecular weight excluding hydrogens is 276 g/mol. The molecule has 0 radical (unpaired) electrons. The molecule has 0 saturated carbocycles. The molecule has 3 rings (SSSR count). The van der Waals surface area contributed by atoms with Gasteiger partial charge < -0.3 is 10.2 Å². The highest BCUT2D eigenvalue weighted by Gasteiger charge is 2.19. The Morgan fingerprint density at radius 2 is 1.68 bits per heavy atom. The van der Waals surface area contributed by atoms with Gasteiger partial charge in [-0.25, -0.2) is 4.79 Å². The van der Waals surface area contributed by atoms with E-state index in [9.17, 15) is 4.79 Å². The molecule has 1 aliphatic rings. The molecule has 0 spiro atoms. The summed E-state index contributed by atoms with van der Waals surface area (Å²) < 4.78 is 0. The Morgan fingerprint density at radius 3 is 2.41 bits per heavy atom. The standard InChI is InChI=1S/C17H18N4O/c22-17(19-15-9-5-2-6-10-15)20-16-18-11-12-21(16)13-14-7-3-1-4-8-14/h1-10H,11-13H2,(H2,18,19,20,22). The average Bonchev–Trinajstić information content (AvgIpc) is 2.96. The van der Waals surface area contributed by atoms with Crippen molar-refractivity contribution >= 4 is 17.7 Å². The number of guanidine groups is 1. The summed E-state index contributed by atoms with van der Waals surface area (Å²) in [7, 11) is 0. The molecule has 1 aliphatic heterocycles. The van der Waals surface area contributed by atoms with Gasteiger partial charge in [0.2, 0.25) is 5.96 Å². The van der Waals surface area contributed by atoms with Crippen LogP contribution in [0, 0.1) is 0 Å². The van der Waals surface area contributed by atoms with Crippen LogP contribution in [0.1, 0.15) is 5.56 Å². The first-order valence-corrected chi connectivity index (χ1v) is 7.27. The van der Waals surface area contributed by atoms with Crippen LogP contribution in [0.15, 0.2) is 65.7 Å². The van der Waals surface area contributed by atoms with Gasteiger partial charge in [0.1, 0.15) is 0 Å². The fourth-order valence-electron chi connectivity index (χ4n) is 2.34. The van der Waals surface area contributed by atoms with Crippen molar-refractivity contribution in [1.82, 2.24) is 10.2 Å². The number of nitrogens with one attached hydrogen (secondary N) is 2. The van der Waals surface area contributed by atoms with E-state index in [-0.39, 0.29) is 6.03 Å². The summed E-state index contributed by atoms with van der Waals surface area (Å²) in [4.78, 5) is 18.5. The Hall–Kier alpha value is -2.82. The normalized spacial score (nSPS) is 13.6. The molecule has 0 bridgehead atoms. The summed E-state index contributed by atoms with van der Waals surface area (Å²) in [6.45, 7) is 2.26. The first kappa shape index (κ1) is 14.1. The third-order valence-corrected chi connectivity index (χ3v) is 3.40. The van der Waals surface area contributed by atoms with E-state index in [0.717, 1.165) is 18.8 Å². The van der Waals surface area contributed by atoms with E-state index in [1.54, 1.807) is 0 Å². The molecule has 5 heteroatoms. The fraction of sp³-hybridized carbons (Fsp3) is 0.176. The summed E-state index contributed by atoms with van der Waals surface area (Å²) in [6, 6.07) is 19.2. The predicted octanol–water partition coefficient (Wildman–Crippen LogP) is 2.68. The van der Waals surface area contributed by atoms with Crippen LogP contribution >= 0.6 is 0 Å². The van der Waals surface area contributed by atoms with E-state index >= 15 is 0 Å². The number of carbonyl (C=O) groups is 1. The van der Waals surface area contributed by atoms with E-state index in [0.29, 0.717) is 12.5 Å². The zero-order valence-corrected chi connectivity index (χ0v) is 12.2. The Balaban J connectivity index is 1.58. The molecule has 0 aliphatic carbocycles. The molecule has 1 heterocycles. The average molecular weight is 294 g/mol. The first-order chi connectivity index (χ1) is 10.8. The number of anilines is 1. The van der Waals surface area contributed by atoms with Gasteiger partial charge in [-0.15, -0.1) is 0 Å². The second kappa shape index (κ2) is 6.76. The summed E-state index contributed by atoms with van der Waals surface area (Å²) >= 11 is 0. The van der Waals surface area contributed by atoms with Crippen molar-refractivity contribution in [2.24, 2.45) is 4.99 Å². The van der Waals surface area contributed by atoms with Crippen LogP contribution in [0.5, 0.6) is 0 Å². The predicted molar refractivity (Wildman–Crippen MR) is 87.8 cm³/mol. The molecule has 5 nitrogen and oxygen atoms in total. The molecule has 0 aromatic heterocycles. The lowest BCUT2D eigenvalue weighted by molar-refractivity contribution is 0.255. The molecule has 0 saturated heterocycles. The Morgan fingerprint density at radius 1 is 1.00 bits per heavy atom. The number of hydrogen-bond acceptors (Lipinski definition) is 3. The van der Waals surface area contributed by atoms with E-state index in [2.05, 4.69) is 32.7 Å². The van der Waals surface area contributed by atoms with Gasteiger partial charge in [0.05, 0.1) is 6.54 Å². The van der Waals surface area contributed by atoms with Crippen molar-refractivity contribution in [3.05, 3.63) is 66.2 Å². The van der Waals surface area contributed by atoms with E-state index in [1.165, 1.54) is 5.56 Å². The summed E-state index contributed by atoms with van der Waals surface area (Å²) in [5.41, 5.74) is 1.95. The summed E-state index contributed by atoms with van der Waals surface area (Å²) in [5.74, 6) is 0.622. The number of benzene rings is 2. The molecule has 2 N–H and O–H groups in total. The lowest BCUT2D eigenvalue weighted by Gasteiger charge is -2.20. The number of amides is 2. The van der Waals surface area contributed by atoms with Gasteiger partial charge in [-0.2, -0.15) is 0 Å². The largest absolute Gasteiger partial charge is 0.336 e. The van der Waals surface area contributed by atoms with E-state index in [4.69, 9.17) is 0 Å². The van der Waals surface area contributed by atoms with Crippen molar-refractivity contribution in [3.63, 3.8) is 0 Å². The van der Waals surface area contributed by atoms with Crippen LogP contribution in [-0.2, 0) is 6.54 Å². The van der Waals surface area contributed by atoms with Crippen LogP contribution in [0.2, 0.25) is 0 Å². The minimum absolute atomic E-state index is 0.273. The zero-order chi connectivity index (χ0) is 15.2. The SMILES string of the molecule is O=C(NC1=NCCN1Cc1ccccc1)Nc1ccccc1. The number of carbonyl (C=O) groups excluding carboxylic acids is 1. The zero-order valence-electron chi connectivity index (χ0n) is 12.2. The van der Waals surface area contributed by atoms with Crippen LogP contribution < -0.4 is 10.6 Å². The van der Waals surface area contributed by atoms with Gasteiger partial charge >= 0.3 is 6.03 Å². The van der Waals surface area contributed by atoms with E-state index < -0.39 is 0 Å². The number of aliphatic imine (C=N–C) groups is 1. The monoisotopic (exact) mass is 294 g/mol. The van der Waals surface area contributed by atoms with Crippen molar-refractivity contribution in [2.75, 3.05) is 18.4 Å². The number of nitrogens with zero attached hydrogens (tertiary/aromatic N) is 2. The number of urea groups is 1. The Labute approximate surface area is 129 Å². The van der Waals surface area contributed by atoms with Crippen molar-refractivity contribution < 1.29 is 4.79 Å². The molecule has 0 atom stereocenters. The Bertz CT molecular complexity index is 655. The summed E-state index contributed by atoms with van der Waals surface area (Å²) in [6.07, 6.45) is 0. The quantitative estimate of drug-likeness (QED) is 0.914. The van der Waals surface area contributed by atoms with Gasteiger partial charge in [-0.3, -0.25) is 10.3 Å². The minimum atomic E-state index is -0.273. The molecule has 2 amide bonds. The van der Waals surface area contributed by atoms with E-state index in [1.807, 2.05) is 48.5 Å². The van der Waals surface area contributed by atoms with Gasteiger partial charge in [-0.05, 0) is 17.7 Å². The lowest BCUT2D eigenvalue weighted by atomic mass is 10.2. The molecule has 0 unspecified atom stereocenters. The molecular formula is C17H18N4O. The number of rotatable bonds is 3. The second-order valence-electron chi connectivity index (χ2n) is 5.06. The maximum absolute atomic E-state index is 12.0. The fourth-order valence-corrected chi connectivity index (χ4v) is 2.34. The maximum Gasteiger partial charge on any atom is 0.325 e. The second-order valence-corrected chi connectivity index (χ2v) is 5.06. The van der Waals surface area contributed by atoms with Crippen molar-refractivity contribution in [3.8, 4) is 0 Å². The molecule has 2 aromatic carbocycles. The molecule has 112 valence electrons. The van der Waals surface area contributed by atoms with Crippen LogP contribution in [0.25, 0.3) is 0 Å². The third kappa shape index (κ3) is 3.63. The maximum atomic E-state index is 12.0. The van der Waals surface area contributed by atoms with Crippen LogP contribution in [0.3, 0.4) is 0 Å². The number of para-hydroxylation sites is 1. The smallest absolute Gasteiger partial charge is 0.325 e. The topological polar surface area (TPSA) is 56.7 Å². The van der Waals surface area contributed by atoms with Gasteiger partial charge in [0.15, 0.2) is 0 Å². The van der Waals surface area contributed by atoms with Gasteiger partial charge in [0.25, 0.3) is 0 Å². The minimum Gasteiger partial charge on any atom is -0.336 e. The molecule has 0 fully saturated rings. The molecule has 2 aromatic rings. The first-order valence-electron chi connectivity index (χ1n) is 7.27. The van der Waals surface area contributed by atoms with Gasteiger partial charge in [0, 0.05) is 18.8 Å². The highest BCUT2D eigenvalue weighted by atomic mass is 16.2. The number of hydrogen-bond donors (Lipinski definition) is 2. The third-order valence-electron chi connectivity index (χ3n) is 3.40. The van der Waals surface area contributed by atoms with Crippen molar-refractivity contribution in [2.45, 2.75) is 6.54 Å². The molecule has 22 heavy (non-hydrogen) atoms. The van der Waals surface area contributed by atoms with Crippen molar-refractivity contribution in [1.29, 1.82) is 0 Å². The van der Waals surface area contributed by atoms with Gasteiger partial charge in [-0.1, -0.05) is 48.5 Å². The highest BCUT2D eigenvalue weighted by molar-refractivity contribution is 6.02. The summed E-state index contributed by atoms with van der Waals surface area (Å²) in [5, 5.41) is 5.62. The Kier molecular flexibility index (Phi) is 4.34.